The molecule has 2 rings (SSSR count). The summed E-state index contributed by atoms with van der Waals surface area (Å²) in [5.41, 5.74) is 3.12. The first-order chi connectivity index (χ1) is 10.8. The first-order valence-corrected chi connectivity index (χ1v) is 7.87. The molecule has 0 unspecified atom stereocenters. The number of phenolic OH excluding ortho intramolecular Hbond substituents is 1. The zero-order valence-corrected chi connectivity index (χ0v) is 15.4. The second-order valence-corrected chi connectivity index (χ2v) is 6.20. The van der Waals surface area contributed by atoms with Crippen molar-refractivity contribution < 1.29 is 19.4 Å². The fourth-order valence-corrected chi connectivity index (χ4v) is 3.01. The van der Waals surface area contributed by atoms with Crippen LogP contribution in [0, 0.1) is 20.8 Å². The van der Waals surface area contributed by atoms with Crippen LogP contribution in [-0.4, -0.2) is 25.1 Å². The molecule has 0 amide bonds. The van der Waals surface area contributed by atoms with Crippen LogP contribution >= 0.6 is 15.9 Å². The maximum atomic E-state index is 13.1. The van der Waals surface area contributed by atoms with E-state index in [4.69, 9.17) is 9.47 Å². The number of halogens is 1. The van der Waals surface area contributed by atoms with Crippen molar-refractivity contribution in [3.63, 3.8) is 0 Å². The highest BCUT2D eigenvalue weighted by Crippen LogP contribution is 2.42. The molecular formula is C18H19BrO4. The number of carbonyl (C=O) groups excluding carboxylic acids is 1. The number of ether oxygens (including phenoxy) is 2. The maximum Gasteiger partial charge on any atom is 0.203 e. The quantitative estimate of drug-likeness (QED) is 0.804. The Bertz CT molecular complexity index is 781. The maximum absolute atomic E-state index is 13.1. The van der Waals surface area contributed by atoms with Crippen molar-refractivity contribution in [2.24, 2.45) is 0 Å². The van der Waals surface area contributed by atoms with Gasteiger partial charge in [-0.05, 0) is 49.6 Å². The molecule has 1 N–H and O–H groups in total. The second kappa shape index (κ2) is 6.62. The van der Waals surface area contributed by atoms with Crippen LogP contribution in [0.1, 0.15) is 32.6 Å². The summed E-state index contributed by atoms with van der Waals surface area (Å²) in [7, 11) is 2.91. The van der Waals surface area contributed by atoms with Crippen LogP contribution in [0.25, 0.3) is 0 Å². The van der Waals surface area contributed by atoms with Crippen molar-refractivity contribution in [2.45, 2.75) is 20.8 Å². The third-order valence-electron chi connectivity index (χ3n) is 3.90. The van der Waals surface area contributed by atoms with Crippen LogP contribution in [0.3, 0.4) is 0 Å². The smallest absolute Gasteiger partial charge is 0.203 e. The lowest BCUT2D eigenvalue weighted by Gasteiger charge is -2.17. The Kier molecular flexibility index (Phi) is 5.00. The molecular weight excluding hydrogens is 360 g/mol. The van der Waals surface area contributed by atoms with E-state index in [2.05, 4.69) is 15.9 Å². The number of methoxy groups -OCH3 is 2. The summed E-state index contributed by atoms with van der Waals surface area (Å²) in [5.74, 6) is 0.110. The Hall–Kier alpha value is -2.01. The highest BCUT2D eigenvalue weighted by atomic mass is 79.9. The van der Waals surface area contributed by atoms with E-state index in [0.717, 1.165) is 15.6 Å². The van der Waals surface area contributed by atoms with Gasteiger partial charge in [-0.1, -0.05) is 22.0 Å². The van der Waals surface area contributed by atoms with Gasteiger partial charge in [0.15, 0.2) is 17.3 Å². The van der Waals surface area contributed by atoms with Crippen LogP contribution < -0.4 is 9.47 Å². The molecule has 0 saturated heterocycles. The lowest BCUT2D eigenvalue weighted by Crippen LogP contribution is -2.10. The van der Waals surface area contributed by atoms with Gasteiger partial charge < -0.3 is 14.6 Å². The molecule has 2 aromatic rings. The molecule has 0 aromatic heterocycles. The van der Waals surface area contributed by atoms with Crippen LogP contribution in [0.4, 0.5) is 0 Å². The van der Waals surface area contributed by atoms with Gasteiger partial charge in [-0.15, -0.1) is 0 Å². The van der Waals surface area contributed by atoms with Crippen molar-refractivity contribution in [3.05, 3.63) is 50.5 Å². The van der Waals surface area contributed by atoms with Gasteiger partial charge in [0.1, 0.15) is 0 Å². The van der Waals surface area contributed by atoms with Gasteiger partial charge in [-0.2, -0.15) is 0 Å². The molecule has 0 radical (unpaired) electrons. The Labute approximate surface area is 144 Å². The molecule has 0 aliphatic heterocycles. The van der Waals surface area contributed by atoms with Gasteiger partial charge in [0, 0.05) is 10.0 Å². The molecule has 0 fully saturated rings. The van der Waals surface area contributed by atoms with Gasteiger partial charge in [0.05, 0.1) is 19.8 Å². The van der Waals surface area contributed by atoms with Crippen molar-refractivity contribution in [2.75, 3.05) is 14.2 Å². The zero-order chi connectivity index (χ0) is 17.3. The molecule has 0 saturated carbocycles. The van der Waals surface area contributed by atoms with Gasteiger partial charge in [0.2, 0.25) is 5.75 Å². The van der Waals surface area contributed by atoms with Crippen LogP contribution in [0.5, 0.6) is 17.2 Å². The fourth-order valence-electron chi connectivity index (χ4n) is 2.68. The Morgan fingerprint density at radius 1 is 1.04 bits per heavy atom. The average molecular weight is 379 g/mol. The van der Waals surface area contributed by atoms with E-state index in [9.17, 15) is 9.90 Å². The largest absolute Gasteiger partial charge is 0.504 e. The van der Waals surface area contributed by atoms with Crippen molar-refractivity contribution in [1.29, 1.82) is 0 Å². The predicted octanol–water partition coefficient (Wildman–Crippen LogP) is 4.33. The highest BCUT2D eigenvalue weighted by Gasteiger charge is 2.25. The fraction of sp³-hybridized carbons (Fsp3) is 0.278. The third-order valence-corrected chi connectivity index (χ3v) is 4.76. The first kappa shape index (κ1) is 17.3. The summed E-state index contributed by atoms with van der Waals surface area (Å²) in [6.07, 6.45) is 0. The summed E-state index contributed by atoms with van der Waals surface area (Å²) in [6.45, 7) is 5.51. The predicted molar refractivity (Wildman–Crippen MR) is 93.0 cm³/mol. The summed E-state index contributed by atoms with van der Waals surface area (Å²) in [6, 6.07) is 5.47. The van der Waals surface area contributed by atoms with E-state index in [1.54, 1.807) is 13.0 Å². The molecule has 5 heteroatoms. The minimum Gasteiger partial charge on any atom is -0.504 e. The number of carbonyl (C=O) groups is 1. The number of benzene rings is 2. The lowest BCUT2D eigenvalue weighted by atomic mass is 9.91. The van der Waals surface area contributed by atoms with Crippen molar-refractivity contribution in [1.82, 2.24) is 0 Å². The van der Waals surface area contributed by atoms with E-state index in [1.165, 1.54) is 14.2 Å². The molecule has 4 nitrogen and oxygen atoms in total. The molecule has 0 aliphatic rings. The van der Waals surface area contributed by atoms with Gasteiger partial charge in [-0.3, -0.25) is 4.79 Å². The second-order valence-electron chi connectivity index (χ2n) is 5.35. The number of aryl methyl sites for hydroxylation is 2. The lowest BCUT2D eigenvalue weighted by molar-refractivity contribution is 0.103. The van der Waals surface area contributed by atoms with Gasteiger partial charge >= 0.3 is 0 Å². The Morgan fingerprint density at radius 2 is 1.70 bits per heavy atom. The SMILES string of the molecule is COc1cc(C)c(C(=O)c2c(C)ccc(Br)c2C)c(O)c1OC. The minimum atomic E-state index is -0.239. The molecule has 0 bridgehead atoms. The normalized spacial score (nSPS) is 10.5. The van der Waals surface area contributed by atoms with Gasteiger partial charge in [-0.25, -0.2) is 0 Å². The summed E-state index contributed by atoms with van der Waals surface area (Å²) in [5, 5.41) is 10.5. The highest BCUT2D eigenvalue weighted by molar-refractivity contribution is 9.10. The van der Waals surface area contributed by atoms with Crippen molar-refractivity contribution >= 4 is 21.7 Å². The molecule has 122 valence electrons. The van der Waals surface area contributed by atoms with Crippen LogP contribution in [-0.2, 0) is 0 Å². The number of rotatable bonds is 4. The third kappa shape index (κ3) is 2.93. The number of hydrogen-bond acceptors (Lipinski definition) is 4. The molecule has 0 heterocycles. The van der Waals surface area contributed by atoms with E-state index < -0.39 is 0 Å². The molecule has 23 heavy (non-hydrogen) atoms. The van der Waals surface area contributed by atoms with E-state index in [0.29, 0.717) is 16.9 Å². The summed E-state index contributed by atoms with van der Waals surface area (Å²) in [4.78, 5) is 13.1. The topological polar surface area (TPSA) is 55.8 Å². The summed E-state index contributed by atoms with van der Waals surface area (Å²) < 4.78 is 11.2. The van der Waals surface area contributed by atoms with Crippen molar-refractivity contribution in [3.8, 4) is 17.2 Å². The number of ketones is 1. The molecule has 2 aromatic carbocycles. The first-order valence-electron chi connectivity index (χ1n) is 7.08. The van der Waals surface area contributed by atoms with Crippen LogP contribution in [0.15, 0.2) is 22.7 Å². The zero-order valence-electron chi connectivity index (χ0n) is 13.8. The van der Waals surface area contributed by atoms with Gasteiger partial charge in [0.25, 0.3) is 0 Å². The molecule has 0 aliphatic carbocycles. The van der Waals surface area contributed by atoms with E-state index >= 15 is 0 Å². The monoisotopic (exact) mass is 378 g/mol. The van der Waals surface area contributed by atoms with Crippen LogP contribution in [0.2, 0.25) is 0 Å². The number of phenols is 1. The van der Waals surface area contributed by atoms with E-state index in [-0.39, 0.29) is 22.8 Å². The standard InChI is InChI=1S/C18H19BrO4/c1-9-6-7-12(19)11(3)14(9)16(20)15-10(2)8-13(22-4)18(23-5)17(15)21/h6-8,21H,1-5H3. The Morgan fingerprint density at radius 3 is 2.26 bits per heavy atom. The molecule has 0 atom stereocenters. The summed E-state index contributed by atoms with van der Waals surface area (Å²) >= 11 is 3.45. The molecule has 0 spiro atoms. The minimum absolute atomic E-state index is 0.159. The average Bonchev–Trinajstić information content (AvgIpc) is 2.50. The number of hydrogen-bond donors (Lipinski definition) is 1. The number of aromatic hydroxyl groups is 1. The Balaban J connectivity index is 2.73. The van der Waals surface area contributed by atoms with E-state index in [1.807, 2.05) is 26.0 Å².